The minimum absolute atomic E-state index is 0.106. The fourth-order valence-corrected chi connectivity index (χ4v) is 4.57. The molecule has 184 valence electrons. The van der Waals surface area contributed by atoms with E-state index in [1.165, 1.54) is 24.8 Å². The second kappa shape index (κ2) is 13.6. The van der Waals surface area contributed by atoms with Crippen LogP contribution < -0.4 is 0 Å². The first-order valence-corrected chi connectivity index (χ1v) is 12.9. The number of oxime groups is 1. The molecule has 0 spiro atoms. The molecule has 0 aromatic heterocycles. The predicted octanol–water partition coefficient (Wildman–Crippen LogP) is 5.93. The van der Waals surface area contributed by atoms with E-state index in [9.17, 15) is 4.79 Å². The van der Waals surface area contributed by atoms with Crippen LogP contribution in [0.5, 0.6) is 0 Å². The number of carbonyl (C=O) groups excluding carboxylic acids is 1. The van der Waals surface area contributed by atoms with Gasteiger partial charge in [0, 0.05) is 5.56 Å². The van der Waals surface area contributed by atoms with Crippen molar-refractivity contribution in [1.29, 1.82) is 0 Å². The number of esters is 1. The summed E-state index contributed by atoms with van der Waals surface area (Å²) in [5.41, 5.74) is 0.711. The molecule has 0 radical (unpaired) electrons. The van der Waals surface area contributed by atoms with Crippen molar-refractivity contribution in [1.82, 2.24) is 0 Å². The average molecular weight is 481 g/mol. The number of hydrogen-bond acceptors (Lipinski definition) is 8. The van der Waals surface area contributed by atoms with E-state index in [0.717, 1.165) is 12.0 Å². The van der Waals surface area contributed by atoms with E-state index >= 15 is 0 Å². The van der Waals surface area contributed by atoms with Gasteiger partial charge in [-0.25, -0.2) is 0 Å². The maximum atomic E-state index is 13.0. The van der Waals surface area contributed by atoms with Gasteiger partial charge in [0.25, 0.3) is 5.90 Å². The van der Waals surface area contributed by atoms with Crippen LogP contribution in [0.1, 0.15) is 78.4 Å². The van der Waals surface area contributed by atoms with E-state index < -0.39 is 25.6 Å². The van der Waals surface area contributed by atoms with Crippen molar-refractivity contribution >= 4 is 26.1 Å². The minimum atomic E-state index is -1.55. The molecule has 0 saturated heterocycles. The smallest absolute Gasteiger partial charge is 0.319 e. The summed E-state index contributed by atoms with van der Waals surface area (Å²) < 4.78 is 17.1. The van der Waals surface area contributed by atoms with E-state index in [1.807, 2.05) is 46.8 Å². The first kappa shape index (κ1) is 27.2. The highest BCUT2D eigenvalue weighted by atomic mass is 31.2. The lowest BCUT2D eigenvalue weighted by atomic mass is 10.1. The van der Waals surface area contributed by atoms with Crippen molar-refractivity contribution in [2.45, 2.75) is 84.9 Å². The second-order valence-electron chi connectivity index (χ2n) is 8.61. The largest absolute Gasteiger partial charge is 0.459 e. The molecular weight excluding hydrogens is 443 g/mol. The average Bonchev–Trinajstić information content (AvgIpc) is 2.77. The minimum Gasteiger partial charge on any atom is -0.459 e. The van der Waals surface area contributed by atoms with Gasteiger partial charge in [0.2, 0.25) is 5.84 Å². The van der Waals surface area contributed by atoms with Crippen molar-refractivity contribution < 1.29 is 28.5 Å². The quantitative estimate of drug-likeness (QED) is 0.151. The molecule has 0 bridgehead atoms. The molecule has 0 saturated carbocycles. The van der Waals surface area contributed by atoms with E-state index in [1.54, 1.807) is 0 Å². The van der Waals surface area contributed by atoms with Crippen molar-refractivity contribution in [3.63, 3.8) is 0 Å². The number of rotatable bonds is 13. The molecule has 1 atom stereocenters. The molecule has 1 aromatic rings. The molecule has 1 aromatic carbocycles. The monoisotopic (exact) mass is 480 g/mol. The first-order valence-electron chi connectivity index (χ1n) is 11.6. The Labute approximate surface area is 198 Å². The molecule has 1 heterocycles. The van der Waals surface area contributed by atoms with Gasteiger partial charge < -0.3 is 13.8 Å². The number of carbonyl (C=O) groups is 1. The van der Waals surface area contributed by atoms with Crippen molar-refractivity contribution in [3.05, 3.63) is 35.4 Å². The van der Waals surface area contributed by atoms with Crippen LogP contribution in [-0.2, 0) is 34.9 Å². The molecule has 1 unspecified atom stereocenters. The molecule has 9 heteroatoms. The third kappa shape index (κ3) is 9.40. The fourth-order valence-electron chi connectivity index (χ4n) is 3.10. The standard InChI is InChI=1S/C24H37N2O6P/c1-7-10-11-12-18-13-15-19(16-14-18)22-25-21(31-32-26-22)17-20(23(27)30-24(4,5)6)33(28-8-2)29-9-3/h13-16,20H,7-12,17H2,1-6H3. The van der Waals surface area contributed by atoms with Gasteiger partial charge in [-0.05, 0) is 58.2 Å². The summed E-state index contributed by atoms with van der Waals surface area (Å²) in [5.74, 6) is 0.175. The van der Waals surface area contributed by atoms with Gasteiger partial charge >= 0.3 is 5.97 Å². The van der Waals surface area contributed by atoms with Crippen molar-refractivity contribution in [3.8, 4) is 0 Å². The third-order valence-electron chi connectivity index (χ3n) is 4.58. The highest BCUT2D eigenvalue weighted by Crippen LogP contribution is 2.46. The van der Waals surface area contributed by atoms with Gasteiger partial charge in [-0.2, -0.15) is 9.98 Å². The summed E-state index contributed by atoms with van der Waals surface area (Å²) in [6, 6.07) is 8.08. The Morgan fingerprint density at radius 3 is 2.30 bits per heavy atom. The lowest BCUT2D eigenvalue weighted by Gasteiger charge is -2.28. The zero-order valence-corrected chi connectivity index (χ0v) is 21.5. The van der Waals surface area contributed by atoms with E-state index in [0.29, 0.717) is 19.0 Å². The highest BCUT2D eigenvalue weighted by molar-refractivity contribution is 7.49. The molecule has 0 amide bonds. The van der Waals surface area contributed by atoms with Gasteiger partial charge in [0.15, 0.2) is 8.38 Å². The van der Waals surface area contributed by atoms with Crippen LogP contribution in [0.2, 0.25) is 0 Å². The maximum absolute atomic E-state index is 13.0. The number of hydrogen-bond donors (Lipinski definition) is 0. The molecule has 2 rings (SSSR count). The zero-order valence-electron chi connectivity index (χ0n) is 20.6. The molecular formula is C24H37N2O6P. The molecule has 0 N–H and O–H groups in total. The summed E-state index contributed by atoms with van der Waals surface area (Å²) in [5, 5.41) is 3.92. The fraction of sp³-hybridized carbons (Fsp3) is 0.625. The van der Waals surface area contributed by atoms with Crippen LogP contribution in [0.4, 0.5) is 0 Å². The maximum Gasteiger partial charge on any atom is 0.319 e. The zero-order chi connectivity index (χ0) is 24.3. The van der Waals surface area contributed by atoms with Crippen LogP contribution in [0.3, 0.4) is 0 Å². The Morgan fingerprint density at radius 2 is 1.73 bits per heavy atom. The number of aryl methyl sites for hydroxylation is 1. The van der Waals surface area contributed by atoms with Gasteiger partial charge in [-0.3, -0.25) is 9.68 Å². The van der Waals surface area contributed by atoms with Gasteiger partial charge in [-0.15, -0.1) is 0 Å². The van der Waals surface area contributed by atoms with E-state index in [4.69, 9.17) is 23.7 Å². The Kier molecular flexibility index (Phi) is 11.2. The Bertz CT molecular complexity index is 798. The van der Waals surface area contributed by atoms with E-state index in [-0.39, 0.29) is 12.3 Å². The van der Waals surface area contributed by atoms with E-state index in [2.05, 4.69) is 29.2 Å². The summed E-state index contributed by atoms with van der Waals surface area (Å²) in [6.45, 7) is 12.2. The normalized spacial score (nSPS) is 14.8. The lowest BCUT2D eigenvalue weighted by Crippen LogP contribution is -2.34. The Morgan fingerprint density at radius 1 is 1.06 bits per heavy atom. The molecule has 33 heavy (non-hydrogen) atoms. The molecule has 1 aliphatic rings. The van der Waals surface area contributed by atoms with Crippen molar-refractivity contribution in [2.24, 2.45) is 10.1 Å². The predicted molar refractivity (Wildman–Crippen MR) is 130 cm³/mol. The number of nitrogens with zero attached hydrogens (tertiary/aromatic N) is 2. The summed E-state index contributed by atoms with van der Waals surface area (Å²) in [6.07, 6.45) is 4.74. The topological polar surface area (TPSA) is 87.9 Å². The van der Waals surface area contributed by atoms with Gasteiger partial charge in [0.1, 0.15) is 11.3 Å². The Hall–Kier alpha value is -2.02. The van der Waals surface area contributed by atoms with Gasteiger partial charge in [-0.1, -0.05) is 44.0 Å². The number of benzene rings is 1. The van der Waals surface area contributed by atoms with Crippen LogP contribution in [0.25, 0.3) is 0 Å². The summed E-state index contributed by atoms with van der Waals surface area (Å²) in [7, 11) is -1.55. The van der Waals surface area contributed by atoms with Crippen molar-refractivity contribution in [2.75, 3.05) is 13.2 Å². The molecule has 0 aliphatic carbocycles. The SMILES string of the molecule is CCCCCc1ccc(C2=NOOC(CC(C(=O)OC(C)(C)C)P(OCC)OCC)=N2)cc1. The third-order valence-corrected chi connectivity index (χ3v) is 6.51. The lowest BCUT2D eigenvalue weighted by molar-refractivity contribution is -0.227. The number of amidine groups is 1. The first-order chi connectivity index (χ1) is 15.8. The second-order valence-corrected chi connectivity index (χ2v) is 10.3. The Balaban J connectivity index is 2.18. The van der Waals surface area contributed by atoms with Crippen LogP contribution in [-0.4, -0.2) is 42.2 Å². The van der Waals surface area contributed by atoms with Crippen LogP contribution >= 0.6 is 8.38 Å². The highest BCUT2D eigenvalue weighted by Gasteiger charge is 2.37. The number of aliphatic imine (C=N–C) groups is 1. The number of unbranched alkanes of at least 4 members (excludes halogenated alkanes) is 2. The molecule has 0 fully saturated rings. The number of ether oxygens (including phenoxy) is 1. The summed E-state index contributed by atoms with van der Waals surface area (Å²) in [4.78, 5) is 27.6. The molecule has 1 aliphatic heterocycles. The summed E-state index contributed by atoms with van der Waals surface area (Å²) >= 11 is 0. The van der Waals surface area contributed by atoms with Gasteiger partial charge in [0.05, 0.1) is 19.6 Å². The van der Waals surface area contributed by atoms with Crippen LogP contribution in [0.15, 0.2) is 34.4 Å². The van der Waals surface area contributed by atoms with Crippen LogP contribution in [0, 0.1) is 0 Å². The molecule has 8 nitrogen and oxygen atoms in total.